The first-order chi connectivity index (χ1) is 16.6. The molecule has 7 nitrogen and oxygen atoms in total. The van der Waals surface area contributed by atoms with E-state index >= 15 is 0 Å². The first-order valence-corrected chi connectivity index (χ1v) is 12.4. The predicted octanol–water partition coefficient (Wildman–Crippen LogP) is 3.72. The Morgan fingerprint density at radius 1 is 1.12 bits per heavy atom. The van der Waals surface area contributed by atoms with Gasteiger partial charge in [-0.3, -0.25) is 4.79 Å². The van der Waals surface area contributed by atoms with Crippen molar-refractivity contribution in [2.45, 2.75) is 38.5 Å². The molecule has 2 aliphatic heterocycles. The lowest BCUT2D eigenvalue weighted by Crippen LogP contribution is -2.42. The van der Waals surface area contributed by atoms with E-state index < -0.39 is 0 Å². The third kappa shape index (κ3) is 5.26. The largest absolute Gasteiger partial charge is 0.494 e. The fourth-order valence-electron chi connectivity index (χ4n) is 5.22. The maximum atomic E-state index is 14.4. The first kappa shape index (κ1) is 22.9. The molecule has 1 amide bonds. The number of carbonyl (C=O) groups is 1. The Bertz CT molecular complexity index is 990. The van der Waals surface area contributed by atoms with Crippen molar-refractivity contribution < 1.29 is 18.7 Å². The van der Waals surface area contributed by atoms with Gasteiger partial charge in [0.05, 0.1) is 32.5 Å². The Balaban J connectivity index is 1.02. The SMILES string of the molecule is COc1cnc(N2CCC([C@@H]3C[C@@H]3CCOc3ccc(CC(=O)N4CCC4)c(F)c3)CC2)nc1. The summed E-state index contributed by atoms with van der Waals surface area (Å²) >= 11 is 0. The van der Waals surface area contributed by atoms with E-state index in [1.165, 1.54) is 25.3 Å². The zero-order valence-electron chi connectivity index (χ0n) is 19.8. The third-order valence-corrected chi connectivity index (χ3v) is 7.59. The first-order valence-electron chi connectivity index (χ1n) is 12.4. The van der Waals surface area contributed by atoms with Crippen LogP contribution in [0.5, 0.6) is 11.5 Å². The molecular formula is C26H33FN4O3. The summed E-state index contributed by atoms with van der Waals surface area (Å²) in [6.45, 7) is 4.16. The van der Waals surface area contributed by atoms with Crippen LogP contribution in [-0.4, -0.2) is 60.7 Å². The number of likely N-dealkylation sites (tertiary alicyclic amines) is 1. The molecule has 182 valence electrons. The molecular weight excluding hydrogens is 435 g/mol. The van der Waals surface area contributed by atoms with Gasteiger partial charge in [-0.05, 0) is 61.5 Å². The quantitative estimate of drug-likeness (QED) is 0.559. The van der Waals surface area contributed by atoms with Gasteiger partial charge >= 0.3 is 0 Å². The van der Waals surface area contributed by atoms with Gasteiger partial charge in [-0.2, -0.15) is 0 Å². The summed E-state index contributed by atoms with van der Waals surface area (Å²) in [4.78, 5) is 24.9. The molecule has 2 aromatic rings. The van der Waals surface area contributed by atoms with E-state index in [9.17, 15) is 9.18 Å². The van der Waals surface area contributed by atoms with Gasteiger partial charge in [0.25, 0.3) is 0 Å². The van der Waals surface area contributed by atoms with Gasteiger partial charge in [0.15, 0.2) is 5.75 Å². The highest BCUT2D eigenvalue weighted by Gasteiger charge is 2.43. The van der Waals surface area contributed by atoms with E-state index in [1.54, 1.807) is 36.5 Å². The number of halogens is 1. The minimum absolute atomic E-state index is 0.000882. The summed E-state index contributed by atoms with van der Waals surface area (Å²) in [5.74, 6) is 3.87. The molecule has 8 heteroatoms. The van der Waals surface area contributed by atoms with Gasteiger partial charge in [-0.1, -0.05) is 6.07 Å². The van der Waals surface area contributed by atoms with Crippen LogP contribution in [0.15, 0.2) is 30.6 Å². The van der Waals surface area contributed by atoms with Crippen LogP contribution in [0.4, 0.5) is 10.3 Å². The van der Waals surface area contributed by atoms with E-state index in [4.69, 9.17) is 9.47 Å². The van der Waals surface area contributed by atoms with Gasteiger partial charge in [-0.15, -0.1) is 0 Å². The molecule has 0 unspecified atom stereocenters. The average Bonchev–Trinajstić information content (AvgIpc) is 3.59. The molecule has 0 N–H and O–H groups in total. The summed E-state index contributed by atoms with van der Waals surface area (Å²) in [6, 6.07) is 4.88. The van der Waals surface area contributed by atoms with Crippen LogP contribution in [0, 0.1) is 23.6 Å². The number of aromatic nitrogens is 2. The van der Waals surface area contributed by atoms with E-state index in [0.717, 1.165) is 56.8 Å². The fraction of sp³-hybridized carbons (Fsp3) is 0.577. The molecule has 34 heavy (non-hydrogen) atoms. The third-order valence-electron chi connectivity index (χ3n) is 7.59. The number of carbonyl (C=O) groups excluding carboxylic acids is 1. The van der Waals surface area contributed by atoms with Crippen molar-refractivity contribution >= 4 is 11.9 Å². The number of hydrogen-bond donors (Lipinski definition) is 0. The van der Waals surface area contributed by atoms with Gasteiger partial charge in [-0.25, -0.2) is 14.4 Å². The maximum absolute atomic E-state index is 14.4. The smallest absolute Gasteiger partial charge is 0.227 e. The molecule has 0 spiro atoms. The van der Waals surface area contributed by atoms with E-state index in [2.05, 4.69) is 14.9 Å². The number of piperidine rings is 1. The van der Waals surface area contributed by atoms with Crippen molar-refractivity contribution in [1.82, 2.24) is 14.9 Å². The topological polar surface area (TPSA) is 67.8 Å². The molecule has 1 aliphatic carbocycles. The minimum atomic E-state index is -0.358. The molecule has 1 aromatic carbocycles. The number of methoxy groups -OCH3 is 1. The van der Waals surface area contributed by atoms with Crippen molar-refractivity contribution in [3.8, 4) is 11.5 Å². The summed E-state index contributed by atoms with van der Waals surface area (Å²) in [5.41, 5.74) is 0.442. The Hall–Kier alpha value is -2.90. The van der Waals surface area contributed by atoms with Crippen LogP contribution < -0.4 is 14.4 Å². The standard InChI is InChI=1S/C26H33FN4O3/c1-33-22-16-28-26(29-17-22)31-10-5-18(6-11-31)23-13-19(23)7-12-34-21-4-3-20(24(27)15-21)14-25(32)30-8-2-9-30/h3-4,15-19,23H,2,5-14H2,1H3/t19-,23-/m0/s1. The van der Waals surface area contributed by atoms with Crippen LogP contribution in [-0.2, 0) is 11.2 Å². The van der Waals surface area contributed by atoms with E-state index in [-0.39, 0.29) is 18.1 Å². The summed E-state index contributed by atoms with van der Waals surface area (Å²) in [5, 5.41) is 0. The highest BCUT2D eigenvalue weighted by atomic mass is 19.1. The number of hydrogen-bond acceptors (Lipinski definition) is 6. The average molecular weight is 469 g/mol. The molecule has 0 radical (unpaired) electrons. The lowest BCUT2D eigenvalue weighted by molar-refractivity contribution is -0.133. The summed E-state index contributed by atoms with van der Waals surface area (Å²) < 4.78 is 25.4. The fourth-order valence-corrected chi connectivity index (χ4v) is 5.22. The number of rotatable bonds is 9. The second-order valence-electron chi connectivity index (χ2n) is 9.71. The van der Waals surface area contributed by atoms with Crippen LogP contribution in [0.3, 0.4) is 0 Å². The van der Waals surface area contributed by atoms with Crippen molar-refractivity contribution in [3.63, 3.8) is 0 Å². The van der Waals surface area contributed by atoms with E-state index in [0.29, 0.717) is 29.6 Å². The zero-order valence-corrected chi connectivity index (χ0v) is 19.8. The van der Waals surface area contributed by atoms with Gasteiger partial charge < -0.3 is 19.3 Å². The number of ether oxygens (including phenoxy) is 2. The van der Waals surface area contributed by atoms with Crippen LogP contribution in [0.1, 0.15) is 37.7 Å². The van der Waals surface area contributed by atoms with Crippen molar-refractivity contribution in [3.05, 3.63) is 42.0 Å². The highest BCUT2D eigenvalue weighted by molar-refractivity contribution is 5.79. The molecule has 2 saturated heterocycles. The summed E-state index contributed by atoms with van der Waals surface area (Å²) in [7, 11) is 1.62. The second-order valence-corrected chi connectivity index (χ2v) is 9.71. The molecule has 1 aromatic heterocycles. The molecule has 0 bridgehead atoms. The molecule has 5 rings (SSSR count). The van der Waals surface area contributed by atoms with Crippen molar-refractivity contribution in [2.75, 3.05) is 44.8 Å². The maximum Gasteiger partial charge on any atom is 0.227 e. The molecule has 3 fully saturated rings. The predicted molar refractivity (Wildman–Crippen MR) is 127 cm³/mol. The molecule has 2 atom stereocenters. The number of nitrogens with zero attached hydrogens (tertiary/aromatic N) is 4. The number of amides is 1. The lowest BCUT2D eigenvalue weighted by atomic mass is 9.90. The molecule has 3 aliphatic rings. The Morgan fingerprint density at radius 3 is 2.53 bits per heavy atom. The minimum Gasteiger partial charge on any atom is -0.494 e. The Morgan fingerprint density at radius 2 is 1.88 bits per heavy atom. The molecule has 1 saturated carbocycles. The van der Waals surface area contributed by atoms with Gasteiger partial charge in [0.1, 0.15) is 11.6 Å². The normalized spacial score (nSPS) is 22.3. The monoisotopic (exact) mass is 468 g/mol. The molecule has 3 heterocycles. The second kappa shape index (κ2) is 10.2. The van der Waals surface area contributed by atoms with Gasteiger partial charge in [0, 0.05) is 32.2 Å². The van der Waals surface area contributed by atoms with Crippen molar-refractivity contribution in [1.29, 1.82) is 0 Å². The highest BCUT2D eigenvalue weighted by Crippen LogP contribution is 2.49. The van der Waals surface area contributed by atoms with Crippen LogP contribution >= 0.6 is 0 Å². The van der Waals surface area contributed by atoms with Gasteiger partial charge in [0.2, 0.25) is 11.9 Å². The van der Waals surface area contributed by atoms with Crippen LogP contribution in [0.25, 0.3) is 0 Å². The lowest BCUT2D eigenvalue weighted by Gasteiger charge is -2.32. The number of benzene rings is 1. The van der Waals surface area contributed by atoms with Crippen LogP contribution in [0.2, 0.25) is 0 Å². The Labute approximate surface area is 200 Å². The number of anilines is 1. The zero-order chi connectivity index (χ0) is 23.5. The Kier molecular flexibility index (Phi) is 6.83. The van der Waals surface area contributed by atoms with E-state index in [1.807, 2.05) is 0 Å². The van der Waals surface area contributed by atoms with Crippen molar-refractivity contribution in [2.24, 2.45) is 17.8 Å². The summed E-state index contributed by atoms with van der Waals surface area (Å²) in [6.07, 6.45) is 9.21.